The van der Waals surface area contributed by atoms with Crippen molar-refractivity contribution in [2.45, 2.75) is 31.4 Å². The van der Waals surface area contributed by atoms with Gasteiger partial charge in [0.1, 0.15) is 6.10 Å². The first-order valence-corrected chi connectivity index (χ1v) is 13.2. The first-order valence-electron chi connectivity index (χ1n) is 12.4. The Morgan fingerprint density at radius 1 is 1.11 bits per heavy atom. The second-order valence-electron chi connectivity index (χ2n) is 9.01. The molecule has 1 heterocycles. The summed E-state index contributed by atoms with van der Waals surface area (Å²) in [6, 6.07) is 12.6. The maximum Gasteiger partial charge on any atom is 0.406 e. The van der Waals surface area contributed by atoms with Crippen molar-refractivity contribution < 1.29 is 23.8 Å². The Bertz CT molecular complexity index is 1030. The number of methoxy groups -OCH3 is 1. The van der Waals surface area contributed by atoms with Crippen LogP contribution < -0.4 is 16.0 Å². The molecule has 1 aliphatic rings. The summed E-state index contributed by atoms with van der Waals surface area (Å²) < 4.78 is 16.3. The predicted molar refractivity (Wildman–Crippen MR) is 144 cm³/mol. The maximum absolute atomic E-state index is 13.1. The highest BCUT2D eigenvalue weighted by Crippen LogP contribution is 2.30. The molecule has 0 radical (unpaired) electrons. The monoisotopic (exact) mass is 551 g/mol. The molecule has 202 valence electrons. The second kappa shape index (κ2) is 15.1. The maximum atomic E-state index is 13.1. The van der Waals surface area contributed by atoms with Crippen LogP contribution in [-0.4, -0.2) is 65.1 Å². The minimum Gasteiger partial charge on any atom is -0.453 e. The Labute approximate surface area is 228 Å². The lowest BCUT2D eigenvalue weighted by atomic mass is 9.94. The summed E-state index contributed by atoms with van der Waals surface area (Å²) >= 11 is 12.7. The minimum atomic E-state index is -0.556. The number of benzene rings is 2. The number of carbonyl (C=O) groups is 2. The molecule has 3 rings (SSSR count). The van der Waals surface area contributed by atoms with Crippen LogP contribution >= 0.6 is 23.2 Å². The van der Waals surface area contributed by atoms with E-state index in [-0.39, 0.29) is 25.1 Å². The molecule has 1 fully saturated rings. The average Bonchev–Trinajstić information content (AvgIpc) is 2.90. The van der Waals surface area contributed by atoms with E-state index in [9.17, 15) is 9.59 Å². The van der Waals surface area contributed by atoms with Gasteiger partial charge in [0.2, 0.25) is 0 Å². The predicted octanol–water partition coefficient (Wildman–Crippen LogP) is 4.59. The van der Waals surface area contributed by atoms with Crippen molar-refractivity contribution in [2.24, 2.45) is 5.92 Å². The second-order valence-corrected chi connectivity index (χ2v) is 9.88. The van der Waals surface area contributed by atoms with Gasteiger partial charge in [-0.3, -0.25) is 4.79 Å². The van der Waals surface area contributed by atoms with Crippen LogP contribution in [0.1, 0.15) is 46.9 Å². The van der Waals surface area contributed by atoms with E-state index < -0.39 is 12.2 Å². The van der Waals surface area contributed by atoms with Crippen LogP contribution in [0, 0.1) is 5.92 Å². The Hall–Kier alpha value is -2.36. The molecular formula is C27H35Cl2N3O5. The number of hydrogen-bond acceptors (Lipinski definition) is 6. The van der Waals surface area contributed by atoms with Crippen molar-refractivity contribution in [3.8, 4) is 0 Å². The van der Waals surface area contributed by atoms with E-state index in [1.165, 1.54) is 7.11 Å². The van der Waals surface area contributed by atoms with Crippen LogP contribution in [-0.2, 0) is 14.2 Å². The molecule has 2 aromatic rings. The molecule has 0 aliphatic carbocycles. The number of carbonyl (C=O) groups excluding carboxylic acids is 2. The van der Waals surface area contributed by atoms with Gasteiger partial charge in [0.15, 0.2) is 0 Å². The first kappa shape index (κ1) is 29.2. The Kier molecular flexibility index (Phi) is 12.0. The van der Waals surface area contributed by atoms with Crippen LogP contribution in [0.3, 0.4) is 0 Å². The molecular weight excluding hydrogens is 517 g/mol. The third-order valence-corrected chi connectivity index (χ3v) is 6.72. The molecule has 8 nitrogen and oxygen atoms in total. The highest BCUT2D eigenvalue weighted by Gasteiger charge is 2.21. The molecule has 1 aliphatic heterocycles. The molecule has 10 heteroatoms. The van der Waals surface area contributed by atoms with E-state index in [1.54, 1.807) is 30.3 Å². The smallest absolute Gasteiger partial charge is 0.406 e. The van der Waals surface area contributed by atoms with Crippen LogP contribution in [0.4, 0.5) is 4.79 Å². The van der Waals surface area contributed by atoms with Gasteiger partial charge in [0.25, 0.3) is 5.91 Å². The summed E-state index contributed by atoms with van der Waals surface area (Å²) in [7, 11) is 3.20. The van der Waals surface area contributed by atoms with Gasteiger partial charge in [-0.15, -0.1) is 0 Å². The topological polar surface area (TPSA) is 97.9 Å². The lowest BCUT2D eigenvalue weighted by Crippen LogP contribution is -2.41. The highest BCUT2D eigenvalue weighted by atomic mass is 35.5. The van der Waals surface area contributed by atoms with E-state index in [2.05, 4.69) is 20.7 Å². The fourth-order valence-electron chi connectivity index (χ4n) is 4.37. The summed E-state index contributed by atoms with van der Waals surface area (Å²) in [5.41, 5.74) is 1.92. The molecule has 0 aromatic heterocycles. The SMILES string of the molecule is CN[C@H](CNC(=O)c1cc(Cl)cc(C(OCCNC(=O)OC)c2cccc(Cl)c2)c1)CC1CCCOC1. The fraction of sp³-hybridized carbons (Fsp3) is 0.481. The van der Waals surface area contributed by atoms with Gasteiger partial charge < -0.3 is 30.2 Å². The third-order valence-electron chi connectivity index (χ3n) is 6.27. The van der Waals surface area contributed by atoms with Gasteiger partial charge in [0, 0.05) is 48.0 Å². The molecule has 1 saturated heterocycles. The number of amides is 2. The molecule has 2 aromatic carbocycles. The van der Waals surface area contributed by atoms with E-state index in [0.717, 1.165) is 38.0 Å². The largest absolute Gasteiger partial charge is 0.453 e. The molecule has 37 heavy (non-hydrogen) atoms. The fourth-order valence-corrected chi connectivity index (χ4v) is 4.81. The van der Waals surface area contributed by atoms with E-state index in [0.29, 0.717) is 33.6 Å². The highest BCUT2D eigenvalue weighted by molar-refractivity contribution is 6.31. The van der Waals surface area contributed by atoms with Crippen molar-refractivity contribution in [2.75, 3.05) is 47.1 Å². The molecule has 3 atom stereocenters. The van der Waals surface area contributed by atoms with Gasteiger partial charge in [-0.25, -0.2) is 4.79 Å². The zero-order chi connectivity index (χ0) is 26.6. The standard InChI is InChI=1S/C27H35Cl2N3O5/c1-30-24(11-18-5-4-9-36-17-18)16-32-26(33)21-12-20(14-23(29)15-21)25(19-6-3-7-22(28)13-19)37-10-8-31-27(34)35-2/h3,6-7,12-15,18,24-25,30H,4-5,8-11,16-17H2,1-2H3,(H,31,34)(H,32,33)/t18?,24-,25?/m0/s1. The van der Waals surface area contributed by atoms with Crippen LogP contribution in [0.5, 0.6) is 0 Å². The Morgan fingerprint density at radius 2 is 1.92 bits per heavy atom. The number of halogens is 2. The zero-order valence-corrected chi connectivity index (χ0v) is 22.7. The Balaban J connectivity index is 1.71. The lowest BCUT2D eigenvalue weighted by Gasteiger charge is -2.26. The van der Waals surface area contributed by atoms with E-state index in [1.807, 2.05) is 19.2 Å². The van der Waals surface area contributed by atoms with Crippen molar-refractivity contribution in [3.63, 3.8) is 0 Å². The quantitative estimate of drug-likeness (QED) is 0.334. The number of hydrogen-bond donors (Lipinski definition) is 3. The van der Waals surface area contributed by atoms with Crippen LogP contribution in [0.2, 0.25) is 10.0 Å². The summed E-state index contributed by atoms with van der Waals surface area (Å²) in [6.45, 7) is 2.53. The van der Waals surface area contributed by atoms with Gasteiger partial charge >= 0.3 is 6.09 Å². The third kappa shape index (κ3) is 9.47. The molecule has 0 spiro atoms. The van der Waals surface area contributed by atoms with Gasteiger partial charge in [-0.1, -0.05) is 35.3 Å². The molecule has 2 unspecified atom stereocenters. The van der Waals surface area contributed by atoms with Gasteiger partial charge in [-0.2, -0.15) is 0 Å². The van der Waals surface area contributed by atoms with E-state index >= 15 is 0 Å². The summed E-state index contributed by atoms with van der Waals surface area (Å²) in [6.07, 6.45) is 2.05. The molecule has 2 amide bonds. The van der Waals surface area contributed by atoms with Gasteiger partial charge in [-0.05, 0) is 73.7 Å². The van der Waals surface area contributed by atoms with Crippen molar-refractivity contribution in [3.05, 3.63) is 69.2 Å². The van der Waals surface area contributed by atoms with Crippen LogP contribution in [0.25, 0.3) is 0 Å². The van der Waals surface area contributed by atoms with Crippen molar-refractivity contribution in [1.82, 2.24) is 16.0 Å². The van der Waals surface area contributed by atoms with Crippen LogP contribution in [0.15, 0.2) is 42.5 Å². The molecule has 3 N–H and O–H groups in total. The van der Waals surface area contributed by atoms with Crippen molar-refractivity contribution in [1.29, 1.82) is 0 Å². The average molecular weight is 552 g/mol. The number of alkyl carbamates (subject to hydrolysis) is 1. The zero-order valence-electron chi connectivity index (χ0n) is 21.2. The number of likely N-dealkylation sites (N-methyl/N-ethyl adjacent to an activating group) is 1. The van der Waals surface area contributed by atoms with Gasteiger partial charge in [0.05, 0.1) is 13.7 Å². The molecule has 0 bridgehead atoms. The summed E-state index contributed by atoms with van der Waals surface area (Å²) in [5, 5.41) is 9.88. The van der Waals surface area contributed by atoms with E-state index in [4.69, 9.17) is 32.7 Å². The Morgan fingerprint density at radius 3 is 2.62 bits per heavy atom. The first-order chi connectivity index (χ1) is 17.9. The minimum absolute atomic E-state index is 0.138. The number of rotatable bonds is 12. The molecule has 0 saturated carbocycles. The number of ether oxygens (including phenoxy) is 3. The summed E-state index contributed by atoms with van der Waals surface area (Å²) in [5.74, 6) is 0.270. The lowest BCUT2D eigenvalue weighted by molar-refractivity contribution is 0.0478. The van der Waals surface area contributed by atoms with Crippen molar-refractivity contribution >= 4 is 35.2 Å². The number of nitrogens with one attached hydrogen (secondary N) is 3. The summed E-state index contributed by atoms with van der Waals surface area (Å²) in [4.78, 5) is 24.5. The normalized spacial score (nSPS) is 17.0.